The topological polar surface area (TPSA) is 49.3 Å². The number of amides is 1. The van der Waals surface area contributed by atoms with Gasteiger partial charge in [-0.3, -0.25) is 4.79 Å². The second-order valence-corrected chi connectivity index (χ2v) is 5.77. The summed E-state index contributed by atoms with van der Waals surface area (Å²) in [7, 11) is 0. The van der Waals surface area contributed by atoms with E-state index in [4.69, 9.17) is 0 Å². The molecule has 0 bridgehead atoms. The van der Waals surface area contributed by atoms with Crippen molar-refractivity contribution in [3.63, 3.8) is 0 Å². The molecule has 3 nitrogen and oxygen atoms in total. The highest BCUT2D eigenvalue weighted by atomic mass is 32.2. The zero-order valence-corrected chi connectivity index (χ0v) is 12.0. The lowest BCUT2D eigenvalue weighted by Crippen LogP contribution is -2.33. The molecule has 0 spiro atoms. The Balaban J connectivity index is 2.56. The van der Waals surface area contributed by atoms with Gasteiger partial charge in [-0.2, -0.15) is 11.8 Å². The van der Waals surface area contributed by atoms with E-state index in [1.54, 1.807) is 18.2 Å². The summed E-state index contributed by atoms with van der Waals surface area (Å²) >= 11 is 1.86. The Hall–Kier alpha value is -1.16. The van der Waals surface area contributed by atoms with E-state index in [-0.39, 0.29) is 17.7 Å². The molecule has 0 heterocycles. The molecule has 0 radical (unpaired) electrons. The first-order chi connectivity index (χ1) is 8.54. The lowest BCUT2D eigenvalue weighted by Gasteiger charge is -2.14. The van der Waals surface area contributed by atoms with Crippen LogP contribution in [0, 0.1) is 6.92 Å². The minimum atomic E-state index is -0.204. The predicted molar refractivity (Wildman–Crippen MR) is 77.4 cm³/mol. The first kappa shape index (κ1) is 14.9. The minimum Gasteiger partial charge on any atom is -0.507 e. The second-order valence-electron chi connectivity index (χ2n) is 4.38. The van der Waals surface area contributed by atoms with Crippen LogP contribution in [0.3, 0.4) is 0 Å². The van der Waals surface area contributed by atoms with Gasteiger partial charge in [-0.25, -0.2) is 0 Å². The highest BCUT2D eigenvalue weighted by Gasteiger charge is 2.13. The fraction of sp³-hybridized carbons (Fsp3) is 0.500. The highest BCUT2D eigenvalue weighted by Crippen LogP contribution is 2.18. The third kappa shape index (κ3) is 4.61. The summed E-state index contributed by atoms with van der Waals surface area (Å²) in [5.41, 5.74) is 1.32. The largest absolute Gasteiger partial charge is 0.507 e. The number of hydrogen-bond acceptors (Lipinski definition) is 3. The minimum absolute atomic E-state index is 0.0354. The van der Waals surface area contributed by atoms with E-state index < -0.39 is 0 Å². The molecule has 1 aromatic rings. The van der Waals surface area contributed by atoms with Crippen molar-refractivity contribution >= 4 is 17.7 Å². The van der Waals surface area contributed by atoms with Gasteiger partial charge in [0.25, 0.3) is 5.91 Å². The maximum atomic E-state index is 12.0. The molecule has 1 rings (SSSR count). The van der Waals surface area contributed by atoms with E-state index in [1.807, 2.05) is 25.6 Å². The zero-order valence-electron chi connectivity index (χ0n) is 11.2. The van der Waals surface area contributed by atoms with E-state index in [0.29, 0.717) is 5.56 Å². The molecule has 1 aromatic carbocycles. The average molecular weight is 267 g/mol. The lowest BCUT2D eigenvalue weighted by atomic mass is 10.1. The zero-order chi connectivity index (χ0) is 13.5. The summed E-state index contributed by atoms with van der Waals surface area (Å²) in [6.45, 7) is 6.01. The number of hydrogen-bond donors (Lipinski definition) is 2. The van der Waals surface area contributed by atoms with E-state index in [1.165, 1.54) is 0 Å². The van der Waals surface area contributed by atoms with Crippen molar-refractivity contribution in [1.29, 1.82) is 0 Å². The van der Waals surface area contributed by atoms with Crippen LogP contribution in [0.2, 0.25) is 0 Å². The van der Waals surface area contributed by atoms with Gasteiger partial charge in [-0.1, -0.05) is 18.6 Å². The Morgan fingerprint density at radius 2 is 2.22 bits per heavy atom. The number of aromatic hydroxyl groups is 1. The van der Waals surface area contributed by atoms with Crippen molar-refractivity contribution in [3.05, 3.63) is 29.3 Å². The molecule has 1 atom stereocenters. The Kier molecular flexibility index (Phi) is 6.05. The fourth-order valence-electron chi connectivity index (χ4n) is 1.61. The molecule has 0 aromatic heterocycles. The fourth-order valence-corrected chi connectivity index (χ4v) is 2.42. The van der Waals surface area contributed by atoms with Gasteiger partial charge >= 0.3 is 0 Å². The monoisotopic (exact) mass is 267 g/mol. The normalized spacial score (nSPS) is 12.2. The Bertz CT molecular complexity index is 407. The van der Waals surface area contributed by atoms with Crippen LogP contribution in [0.4, 0.5) is 0 Å². The molecule has 0 fully saturated rings. The van der Waals surface area contributed by atoms with Crippen molar-refractivity contribution in [2.75, 3.05) is 11.5 Å². The van der Waals surface area contributed by atoms with Crippen LogP contribution in [0.15, 0.2) is 18.2 Å². The standard InChI is InChI=1S/C14H21NO2S/c1-4-18-8-7-11(3)15-14(17)12-9-10(2)5-6-13(12)16/h5-6,9,11,16H,4,7-8H2,1-3H3,(H,15,17). The van der Waals surface area contributed by atoms with Gasteiger partial charge in [0.15, 0.2) is 0 Å². The number of nitrogens with one attached hydrogen (secondary N) is 1. The molecule has 1 unspecified atom stereocenters. The van der Waals surface area contributed by atoms with Crippen LogP contribution < -0.4 is 5.32 Å². The Morgan fingerprint density at radius 1 is 1.50 bits per heavy atom. The number of carbonyl (C=O) groups excluding carboxylic acids is 1. The summed E-state index contributed by atoms with van der Waals surface area (Å²) in [5, 5.41) is 12.6. The summed E-state index contributed by atoms with van der Waals surface area (Å²) < 4.78 is 0. The van der Waals surface area contributed by atoms with Gasteiger partial charge in [0, 0.05) is 6.04 Å². The third-order valence-electron chi connectivity index (χ3n) is 2.67. The van der Waals surface area contributed by atoms with Crippen LogP contribution in [0.1, 0.15) is 36.2 Å². The quantitative estimate of drug-likeness (QED) is 0.779. The smallest absolute Gasteiger partial charge is 0.255 e. The first-order valence-corrected chi connectivity index (χ1v) is 7.38. The van der Waals surface area contributed by atoms with Crippen molar-refractivity contribution in [2.24, 2.45) is 0 Å². The molecule has 2 N–H and O–H groups in total. The van der Waals surface area contributed by atoms with Crippen molar-refractivity contribution in [2.45, 2.75) is 33.2 Å². The number of phenols is 1. The molecule has 0 aliphatic rings. The maximum absolute atomic E-state index is 12.0. The maximum Gasteiger partial charge on any atom is 0.255 e. The van der Waals surface area contributed by atoms with E-state index in [0.717, 1.165) is 23.5 Å². The number of benzene rings is 1. The van der Waals surface area contributed by atoms with Gasteiger partial charge in [-0.15, -0.1) is 0 Å². The molecule has 18 heavy (non-hydrogen) atoms. The van der Waals surface area contributed by atoms with Gasteiger partial charge in [0.05, 0.1) is 5.56 Å². The molecular formula is C14H21NO2S. The molecule has 0 aliphatic heterocycles. The van der Waals surface area contributed by atoms with Crippen LogP contribution in [-0.4, -0.2) is 28.6 Å². The summed E-state index contributed by atoms with van der Waals surface area (Å²) in [6, 6.07) is 5.17. The van der Waals surface area contributed by atoms with Crippen molar-refractivity contribution in [3.8, 4) is 5.75 Å². The number of aryl methyl sites for hydroxylation is 1. The lowest BCUT2D eigenvalue weighted by molar-refractivity contribution is 0.0937. The van der Waals surface area contributed by atoms with Crippen LogP contribution in [0.25, 0.3) is 0 Å². The summed E-state index contributed by atoms with van der Waals surface area (Å²) in [6.07, 6.45) is 0.941. The molecule has 0 aliphatic carbocycles. The summed E-state index contributed by atoms with van der Waals surface area (Å²) in [5.74, 6) is 1.97. The Morgan fingerprint density at radius 3 is 2.89 bits per heavy atom. The highest BCUT2D eigenvalue weighted by molar-refractivity contribution is 7.99. The van der Waals surface area contributed by atoms with Crippen molar-refractivity contribution in [1.82, 2.24) is 5.32 Å². The molecule has 4 heteroatoms. The first-order valence-electron chi connectivity index (χ1n) is 6.22. The molecule has 100 valence electrons. The second kappa shape index (κ2) is 7.31. The SMILES string of the molecule is CCSCCC(C)NC(=O)c1cc(C)ccc1O. The van der Waals surface area contributed by atoms with Crippen molar-refractivity contribution < 1.29 is 9.90 Å². The number of rotatable bonds is 6. The molecular weight excluding hydrogens is 246 g/mol. The predicted octanol–water partition coefficient (Wildman–Crippen LogP) is 2.96. The van der Waals surface area contributed by atoms with Gasteiger partial charge < -0.3 is 10.4 Å². The van der Waals surface area contributed by atoms with Gasteiger partial charge in [0.1, 0.15) is 5.75 Å². The van der Waals surface area contributed by atoms with Crippen LogP contribution >= 0.6 is 11.8 Å². The molecule has 0 saturated heterocycles. The van der Waals surface area contributed by atoms with Gasteiger partial charge in [0.2, 0.25) is 0 Å². The van der Waals surface area contributed by atoms with Crippen LogP contribution in [-0.2, 0) is 0 Å². The van der Waals surface area contributed by atoms with E-state index in [2.05, 4.69) is 12.2 Å². The molecule has 1 amide bonds. The van der Waals surface area contributed by atoms with Gasteiger partial charge in [-0.05, 0) is 43.9 Å². The third-order valence-corrected chi connectivity index (χ3v) is 3.61. The van der Waals surface area contributed by atoms with E-state index in [9.17, 15) is 9.90 Å². The Labute approximate surface area is 113 Å². The summed E-state index contributed by atoms with van der Waals surface area (Å²) in [4.78, 5) is 12.0. The van der Waals surface area contributed by atoms with E-state index >= 15 is 0 Å². The number of thioether (sulfide) groups is 1. The van der Waals surface area contributed by atoms with Crippen LogP contribution in [0.5, 0.6) is 5.75 Å². The number of phenolic OH excluding ortho intramolecular Hbond substituents is 1. The average Bonchev–Trinajstić information content (AvgIpc) is 2.32. The number of carbonyl (C=O) groups is 1. The molecule has 0 saturated carbocycles.